The molecule has 0 aromatic heterocycles. The van der Waals surface area contributed by atoms with Crippen molar-refractivity contribution >= 4 is 0 Å². The van der Waals surface area contributed by atoms with E-state index in [1.54, 1.807) is 0 Å². The summed E-state index contributed by atoms with van der Waals surface area (Å²) in [6, 6.07) is 0.787. The number of ether oxygens (including phenoxy) is 2. The third-order valence-corrected chi connectivity index (χ3v) is 5.62. The highest BCUT2D eigenvalue weighted by molar-refractivity contribution is 4.98. The van der Waals surface area contributed by atoms with Crippen molar-refractivity contribution < 1.29 is 9.47 Å². The molecule has 3 nitrogen and oxygen atoms in total. The van der Waals surface area contributed by atoms with Crippen LogP contribution in [0, 0.1) is 5.41 Å². The van der Waals surface area contributed by atoms with Gasteiger partial charge in [-0.15, -0.1) is 0 Å². The molecule has 18 heavy (non-hydrogen) atoms. The highest BCUT2D eigenvalue weighted by atomic mass is 16.7. The van der Waals surface area contributed by atoms with Gasteiger partial charge in [0.25, 0.3) is 0 Å². The van der Waals surface area contributed by atoms with Gasteiger partial charge in [-0.25, -0.2) is 0 Å². The fraction of sp³-hybridized carbons (Fsp3) is 1.00. The fourth-order valence-corrected chi connectivity index (χ4v) is 3.96. The molecule has 2 saturated heterocycles. The standard InChI is InChI=1S/C15H27NO2/c1-3-14(4-2)11-16(12-14)13-5-7-15(8-6-13)17-9-10-18-15/h13H,3-12H2,1-2H3. The molecule has 0 aromatic carbocycles. The second-order valence-corrected chi connectivity index (χ2v) is 6.45. The van der Waals surface area contributed by atoms with Crippen LogP contribution >= 0.6 is 0 Å². The number of hydrogen-bond acceptors (Lipinski definition) is 3. The Morgan fingerprint density at radius 3 is 2.06 bits per heavy atom. The molecule has 1 saturated carbocycles. The minimum atomic E-state index is -0.187. The Bertz CT molecular complexity index is 277. The zero-order valence-electron chi connectivity index (χ0n) is 11.9. The topological polar surface area (TPSA) is 21.7 Å². The van der Waals surface area contributed by atoms with Crippen molar-refractivity contribution in [2.24, 2.45) is 5.41 Å². The lowest BCUT2D eigenvalue weighted by Gasteiger charge is -2.54. The van der Waals surface area contributed by atoms with E-state index in [0.29, 0.717) is 5.41 Å². The molecule has 0 N–H and O–H groups in total. The Morgan fingerprint density at radius 2 is 1.56 bits per heavy atom. The summed E-state index contributed by atoms with van der Waals surface area (Å²) in [6.07, 6.45) is 7.37. The molecule has 104 valence electrons. The first-order valence-corrected chi connectivity index (χ1v) is 7.73. The molecule has 3 rings (SSSR count). The van der Waals surface area contributed by atoms with Gasteiger partial charge in [0.1, 0.15) is 0 Å². The summed E-state index contributed by atoms with van der Waals surface area (Å²) >= 11 is 0. The molecule has 1 aliphatic carbocycles. The van der Waals surface area contributed by atoms with E-state index in [2.05, 4.69) is 18.7 Å². The summed E-state index contributed by atoms with van der Waals surface area (Å²) in [5.74, 6) is -0.187. The molecule has 0 atom stereocenters. The predicted molar refractivity (Wildman–Crippen MR) is 71.5 cm³/mol. The summed E-state index contributed by atoms with van der Waals surface area (Å²) in [5.41, 5.74) is 0.634. The molecule has 0 radical (unpaired) electrons. The summed E-state index contributed by atoms with van der Waals surface area (Å²) in [7, 11) is 0. The van der Waals surface area contributed by atoms with Crippen LogP contribution in [-0.4, -0.2) is 43.0 Å². The monoisotopic (exact) mass is 253 g/mol. The van der Waals surface area contributed by atoms with Crippen LogP contribution in [0.5, 0.6) is 0 Å². The van der Waals surface area contributed by atoms with E-state index in [1.165, 1.54) is 38.8 Å². The van der Waals surface area contributed by atoms with Crippen molar-refractivity contribution in [2.45, 2.75) is 64.2 Å². The maximum absolute atomic E-state index is 5.80. The number of nitrogens with zero attached hydrogens (tertiary/aromatic N) is 1. The molecule has 3 fully saturated rings. The van der Waals surface area contributed by atoms with Gasteiger partial charge in [0, 0.05) is 32.0 Å². The normalized spacial score (nSPS) is 31.7. The quantitative estimate of drug-likeness (QED) is 0.772. The van der Waals surface area contributed by atoms with Crippen LogP contribution in [0.4, 0.5) is 0 Å². The van der Waals surface area contributed by atoms with Gasteiger partial charge in [0.2, 0.25) is 0 Å². The predicted octanol–water partition coefficient (Wildman–Crippen LogP) is 2.79. The molecule has 3 heteroatoms. The highest BCUT2D eigenvalue weighted by Gasteiger charge is 2.47. The average molecular weight is 253 g/mol. The first kappa shape index (κ1) is 12.9. The summed E-state index contributed by atoms with van der Waals surface area (Å²) < 4.78 is 11.6. The Kier molecular flexibility index (Phi) is 3.41. The van der Waals surface area contributed by atoms with Gasteiger partial charge >= 0.3 is 0 Å². The largest absolute Gasteiger partial charge is 0.348 e. The van der Waals surface area contributed by atoms with Crippen molar-refractivity contribution in [2.75, 3.05) is 26.3 Å². The SMILES string of the molecule is CCC1(CC)CN(C2CCC3(CC2)OCCO3)C1. The molecule has 0 aromatic rings. The van der Waals surface area contributed by atoms with E-state index in [0.717, 1.165) is 32.1 Å². The Hall–Kier alpha value is -0.120. The van der Waals surface area contributed by atoms with E-state index in [9.17, 15) is 0 Å². The summed E-state index contributed by atoms with van der Waals surface area (Å²) in [5, 5.41) is 0. The molecule has 0 bridgehead atoms. The number of hydrogen-bond donors (Lipinski definition) is 0. The van der Waals surface area contributed by atoms with Crippen LogP contribution in [-0.2, 0) is 9.47 Å². The second-order valence-electron chi connectivity index (χ2n) is 6.45. The number of rotatable bonds is 3. The smallest absolute Gasteiger partial charge is 0.168 e. The van der Waals surface area contributed by atoms with Crippen molar-refractivity contribution in [1.29, 1.82) is 0 Å². The third kappa shape index (κ3) is 2.10. The number of likely N-dealkylation sites (tertiary alicyclic amines) is 1. The summed E-state index contributed by atoms with van der Waals surface area (Å²) in [6.45, 7) is 8.92. The van der Waals surface area contributed by atoms with E-state index >= 15 is 0 Å². The van der Waals surface area contributed by atoms with Crippen LogP contribution < -0.4 is 0 Å². The van der Waals surface area contributed by atoms with Crippen LogP contribution in [0.25, 0.3) is 0 Å². The molecule has 2 heterocycles. The third-order valence-electron chi connectivity index (χ3n) is 5.62. The molecule has 0 unspecified atom stereocenters. The van der Waals surface area contributed by atoms with Gasteiger partial charge < -0.3 is 9.47 Å². The van der Waals surface area contributed by atoms with Crippen molar-refractivity contribution in [3.63, 3.8) is 0 Å². The zero-order valence-corrected chi connectivity index (χ0v) is 11.9. The molecular weight excluding hydrogens is 226 g/mol. The maximum atomic E-state index is 5.80. The average Bonchev–Trinajstić information content (AvgIpc) is 2.80. The van der Waals surface area contributed by atoms with E-state index in [-0.39, 0.29) is 5.79 Å². The van der Waals surface area contributed by atoms with Gasteiger partial charge in [-0.1, -0.05) is 13.8 Å². The lowest BCUT2D eigenvalue weighted by molar-refractivity contribution is -0.189. The van der Waals surface area contributed by atoms with E-state index < -0.39 is 0 Å². The van der Waals surface area contributed by atoms with Crippen molar-refractivity contribution in [1.82, 2.24) is 4.90 Å². The Labute approximate surface area is 111 Å². The maximum Gasteiger partial charge on any atom is 0.168 e. The molecule has 3 aliphatic rings. The van der Waals surface area contributed by atoms with Crippen LogP contribution in [0.3, 0.4) is 0 Å². The minimum Gasteiger partial charge on any atom is -0.348 e. The second kappa shape index (κ2) is 4.77. The van der Waals surface area contributed by atoms with Gasteiger partial charge in [-0.3, -0.25) is 4.90 Å². The van der Waals surface area contributed by atoms with Crippen molar-refractivity contribution in [3.8, 4) is 0 Å². The Morgan fingerprint density at radius 1 is 1.00 bits per heavy atom. The van der Waals surface area contributed by atoms with E-state index in [4.69, 9.17) is 9.47 Å². The molecule has 1 spiro atoms. The zero-order chi connectivity index (χ0) is 12.6. The van der Waals surface area contributed by atoms with Crippen molar-refractivity contribution in [3.05, 3.63) is 0 Å². The molecular formula is C15H27NO2. The van der Waals surface area contributed by atoms with Gasteiger partial charge in [-0.2, -0.15) is 0 Å². The van der Waals surface area contributed by atoms with Crippen LogP contribution in [0.1, 0.15) is 52.4 Å². The van der Waals surface area contributed by atoms with Crippen LogP contribution in [0.2, 0.25) is 0 Å². The minimum absolute atomic E-state index is 0.187. The lowest BCUT2D eigenvalue weighted by Crippen LogP contribution is -2.60. The van der Waals surface area contributed by atoms with Crippen LogP contribution in [0.15, 0.2) is 0 Å². The summed E-state index contributed by atoms with van der Waals surface area (Å²) in [4.78, 5) is 2.70. The van der Waals surface area contributed by atoms with Gasteiger partial charge in [0.15, 0.2) is 5.79 Å². The highest BCUT2D eigenvalue weighted by Crippen LogP contribution is 2.43. The molecule has 0 amide bonds. The van der Waals surface area contributed by atoms with Gasteiger partial charge in [0.05, 0.1) is 13.2 Å². The van der Waals surface area contributed by atoms with Gasteiger partial charge in [-0.05, 0) is 31.1 Å². The first-order chi connectivity index (χ1) is 8.71. The first-order valence-electron chi connectivity index (χ1n) is 7.73. The lowest BCUT2D eigenvalue weighted by atomic mass is 9.73. The fourth-order valence-electron chi connectivity index (χ4n) is 3.96. The van der Waals surface area contributed by atoms with E-state index in [1.807, 2.05) is 0 Å². The molecule has 2 aliphatic heterocycles. The Balaban J connectivity index is 1.49.